The molecule has 10 heavy (non-hydrogen) atoms. The van der Waals surface area contributed by atoms with Gasteiger partial charge in [0.1, 0.15) is 0 Å². The molecule has 0 N–H and O–H groups in total. The molecule has 0 spiro atoms. The summed E-state index contributed by atoms with van der Waals surface area (Å²) in [5.41, 5.74) is 0. The molecule has 1 nitrogen and oxygen atoms in total. The Kier molecular flexibility index (Phi) is 2.50. The van der Waals surface area contributed by atoms with Crippen LogP contribution >= 0.6 is 0 Å². The number of rotatable bonds is 2. The lowest BCUT2D eigenvalue weighted by Gasteiger charge is -2.10. The van der Waals surface area contributed by atoms with Crippen molar-refractivity contribution in [2.24, 2.45) is 11.8 Å². The summed E-state index contributed by atoms with van der Waals surface area (Å²) in [5.74, 6) is 1.51. The summed E-state index contributed by atoms with van der Waals surface area (Å²) < 4.78 is 5.46. The van der Waals surface area contributed by atoms with Crippen LogP contribution < -0.4 is 0 Å². The van der Waals surface area contributed by atoms with Crippen LogP contribution in [0.4, 0.5) is 0 Å². The molecule has 0 aromatic heterocycles. The summed E-state index contributed by atoms with van der Waals surface area (Å²) in [6, 6.07) is 0. The lowest BCUT2D eigenvalue weighted by molar-refractivity contribution is 0.134. The van der Waals surface area contributed by atoms with Crippen LogP contribution in [0.5, 0.6) is 0 Å². The van der Waals surface area contributed by atoms with Gasteiger partial charge in [-0.2, -0.15) is 0 Å². The summed E-state index contributed by atoms with van der Waals surface area (Å²) in [7, 11) is 0. The Balaban J connectivity index is 2.35. The van der Waals surface area contributed by atoms with Crippen molar-refractivity contribution in [3.8, 4) is 0 Å². The monoisotopic (exact) mass is 140 g/mol. The molecule has 1 saturated heterocycles. The number of hydrogen-bond acceptors (Lipinski definition) is 1. The summed E-state index contributed by atoms with van der Waals surface area (Å²) in [6.45, 7) is 9.14. The molecule has 0 aromatic rings. The van der Waals surface area contributed by atoms with E-state index in [1.807, 2.05) is 6.08 Å². The Labute approximate surface area is 63.1 Å². The van der Waals surface area contributed by atoms with Gasteiger partial charge in [-0.1, -0.05) is 19.9 Å². The summed E-state index contributed by atoms with van der Waals surface area (Å²) in [4.78, 5) is 0. The molecule has 2 atom stereocenters. The quantitative estimate of drug-likeness (QED) is 0.534. The van der Waals surface area contributed by atoms with E-state index >= 15 is 0 Å². The molecule has 0 aliphatic carbocycles. The highest BCUT2D eigenvalue weighted by Crippen LogP contribution is 2.26. The number of ether oxygens (including phenoxy) is 1. The van der Waals surface area contributed by atoms with Crippen LogP contribution in [0, 0.1) is 11.8 Å². The summed E-state index contributed by atoms with van der Waals surface area (Å²) in [5, 5.41) is 0. The van der Waals surface area contributed by atoms with Crippen molar-refractivity contribution in [2.75, 3.05) is 6.61 Å². The first kappa shape index (κ1) is 7.80. The van der Waals surface area contributed by atoms with E-state index in [9.17, 15) is 0 Å². The van der Waals surface area contributed by atoms with Crippen molar-refractivity contribution >= 4 is 0 Å². The van der Waals surface area contributed by atoms with E-state index < -0.39 is 0 Å². The van der Waals surface area contributed by atoms with Crippen molar-refractivity contribution in [2.45, 2.75) is 26.4 Å². The Bertz CT molecular complexity index is 118. The molecule has 0 unspecified atom stereocenters. The van der Waals surface area contributed by atoms with E-state index in [1.54, 1.807) is 0 Å². The second-order valence-electron chi connectivity index (χ2n) is 3.35. The van der Waals surface area contributed by atoms with Crippen LogP contribution in [0.2, 0.25) is 0 Å². The van der Waals surface area contributed by atoms with Gasteiger partial charge in [0, 0.05) is 0 Å². The molecule has 0 saturated carbocycles. The van der Waals surface area contributed by atoms with Gasteiger partial charge in [0.15, 0.2) is 0 Å². The van der Waals surface area contributed by atoms with Gasteiger partial charge in [0.05, 0.1) is 12.7 Å². The minimum atomic E-state index is 0.326. The minimum Gasteiger partial charge on any atom is -0.374 e. The van der Waals surface area contributed by atoms with E-state index in [2.05, 4.69) is 20.4 Å². The standard InChI is InChI=1S/C9H16O/c1-4-9-5-8(6-10-9)7(2)3/h4,7-9H,1,5-6H2,2-3H3/t8-,9+/m1/s1. The SMILES string of the molecule is C=C[C@H]1C[C@@H](C(C)C)CO1. The molecule has 1 heteroatoms. The molecule has 1 heterocycles. The molecule has 58 valence electrons. The summed E-state index contributed by atoms with van der Waals surface area (Å²) >= 11 is 0. The smallest absolute Gasteiger partial charge is 0.0756 e. The maximum absolute atomic E-state index is 5.46. The van der Waals surface area contributed by atoms with Crippen molar-refractivity contribution in [1.82, 2.24) is 0 Å². The first-order chi connectivity index (χ1) is 4.74. The van der Waals surface area contributed by atoms with Gasteiger partial charge in [-0.25, -0.2) is 0 Å². The average molecular weight is 140 g/mol. The van der Waals surface area contributed by atoms with E-state index in [1.165, 1.54) is 6.42 Å². The van der Waals surface area contributed by atoms with Gasteiger partial charge in [-0.3, -0.25) is 0 Å². The Morgan fingerprint density at radius 3 is 2.60 bits per heavy atom. The van der Waals surface area contributed by atoms with Gasteiger partial charge >= 0.3 is 0 Å². The Morgan fingerprint density at radius 2 is 2.30 bits per heavy atom. The molecule has 1 aliphatic heterocycles. The molecule has 0 amide bonds. The fourth-order valence-corrected chi connectivity index (χ4v) is 1.31. The van der Waals surface area contributed by atoms with Gasteiger partial charge in [-0.05, 0) is 18.3 Å². The zero-order valence-corrected chi connectivity index (χ0v) is 6.84. The highest BCUT2D eigenvalue weighted by atomic mass is 16.5. The molecule has 1 rings (SSSR count). The molecule has 0 radical (unpaired) electrons. The zero-order chi connectivity index (χ0) is 7.56. The maximum Gasteiger partial charge on any atom is 0.0756 e. The van der Waals surface area contributed by atoms with Crippen LogP contribution in [0.1, 0.15) is 20.3 Å². The lowest BCUT2D eigenvalue weighted by Crippen LogP contribution is -2.07. The Hall–Kier alpha value is -0.300. The van der Waals surface area contributed by atoms with Crippen LogP contribution in [0.15, 0.2) is 12.7 Å². The highest BCUT2D eigenvalue weighted by Gasteiger charge is 2.25. The van der Waals surface area contributed by atoms with Crippen LogP contribution in [0.25, 0.3) is 0 Å². The van der Waals surface area contributed by atoms with Crippen molar-refractivity contribution in [1.29, 1.82) is 0 Å². The fraction of sp³-hybridized carbons (Fsp3) is 0.778. The molecule has 1 fully saturated rings. The fourth-order valence-electron chi connectivity index (χ4n) is 1.31. The summed E-state index contributed by atoms with van der Waals surface area (Å²) in [6.07, 6.45) is 3.40. The van der Waals surface area contributed by atoms with Crippen LogP contribution in [-0.4, -0.2) is 12.7 Å². The van der Waals surface area contributed by atoms with Gasteiger partial charge < -0.3 is 4.74 Å². The van der Waals surface area contributed by atoms with E-state index in [-0.39, 0.29) is 0 Å². The van der Waals surface area contributed by atoms with Crippen molar-refractivity contribution in [3.63, 3.8) is 0 Å². The van der Waals surface area contributed by atoms with Crippen molar-refractivity contribution < 1.29 is 4.74 Å². The van der Waals surface area contributed by atoms with Crippen molar-refractivity contribution in [3.05, 3.63) is 12.7 Å². The van der Waals surface area contributed by atoms with E-state index in [0.29, 0.717) is 6.10 Å². The zero-order valence-electron chi connectivity index (χ0n) is 6.84. The van der Waals surface area contributed by atoms with Crippen LogP contribution in [-0.2, 0) is 4.74 Å². The second kappa shape index (κ2) is 3.20. The van der Waals surface area contributed by atoms with E-state index in [4.69, 9.17) is 4.74 Å². The number of hydrogen-bond donors (Lipinski definition) is 0. The second-order valence-corrected chi connectivity index (χ2v) is 3.35. The van der Waals surface area contributed by atoms with E-state index in [0.717, 1.165) is 18.4 Å². The van der Waals surface area contributed by atoms with Gasteiger partial charge in [0.25, 0.3) is 0 Å². The Morgan fingerprint density at radius 1 is 1.60 bits per heavy atom. The normalized spacial score (nSPS) is 33.1. The minimum absolute atomic E-state index is 0.326. The van der Waals surface area contributed by atoms with Crippen LogP contribution in [0.3, 0.4) is 0 Å². The predicted octanol–water partition coefficient (Wildman–Crippen LogP) is 2.23. The molecule has 0 bridgehead atoms. The third-order valence-corrected chi connectivity index (χ3v) is 2.27. The molecule has 1 aliphatic rings. The third-order valence-electron chi connectivity index (χ3n) is 2.27. The average Bonchev–Trinajstić information content (AvgIpc) is 2.34. The maximum atomic E-state index is 5.46. The lowest BCUT2D eigenvalue weighted by atomic mass is 9.93. The van der Waals surface area contributed by atoms with Gasteiger partial charge in [-0.15, -0.1) is 6.58 Å². The molecule has 0 aromatic carbocycles. The third kappa shape index (κ3) is 1.60. The van der Waals surface area contributed by atoms with Gasteiger partial charge in [0.2, 0.25) is 0 Å². The molecular formula is C9H16O. The highest BCUT2D eigenvalue weighted by molar-refractivity contribution is 4.87. The first-order valence-electron chi connectivity index (χ1n) is 3.98. The molecular weight excluding hydrogens is 124 g/mol. The largest absolute Gasteiger partial charge is 0.374 e. The first-order valence-corrected chi connectivity index (χ1v) is 3.98. The topological polar surface area (TPSA) is 9.23 Å². The predicted molar refractivity (Wildman–Crippen MR) is 42.9 cm³/mol.